The van der Waals surface area contributed by atoms with Crippen LogP contribution in [0.4, 0.5) is 23.7 Å². The smallest absolute Gasteiger partial charge is 0.393 e. The van der Waals surface area contributed by atoms with Gasteiger partial charge in [-0.15, -0.1) is 0 Å². The molecule has 0 spiro atoms. The predicted octanol–water partition coefficient (Wildman–Crippen LogP) is 3.68. The van der Waals surface area contributed by atoms with Crippen molar-refractivity contribution in [3.05, 3.63) is 54.4 Å². The lowest BCUT2D eigenvalue weighted by Crippen LogP contribution is -2.36. The number of pyridine rings is 1. The van der Waals surface area contributed by atoms with Crippen LogP contribution in [0.5, 0.6) is 0 Å². The molecule has 2 N–H and O–H groups in total. The number of aromatic nitrogens is 2. The van der Waals surface area contributed by atoms with E-state index in [9.17, 15) is 18.0 Å². The molecular weight excluding hydrogens is 415 g/mol. The Kier molecular flexibility index (Phi) is 7.08. The van der Waals surface area contributed by atoms with Crippen molar-refractivity contribution in [3.8, 4) is 11.3 Å². The maximum absolute atomic E-state index is 12.2. The first kappa shape index (κ1) is 22.1. The lowest BCUT2D eigenvalue weighted by molar-refractivity contribution is -0.122. The van der Waals surface area contributed by atoms with E-state index < -0.39 is 18.8 Å². The zero-order valence-electron chi connectivity index (χ0n) is 16.5. The molecule has 0 aliphatic rings. The number of amides is 2. The van der Waals surface area contributed by atoms with Gasteiger partial charge in [0.15, 0.2) is 0 Å². The number of hydrogen-bond acceptors (Lipinski definition) is 5. The number of carbonyl (C=O) groups excluding carboxylic acids is 1. The van der Waals surface area contributed by atoms with Crippen LogP contribution < -0.4 is 10.6 Å². The molecule has 31 heavy (non-hydrogen) atoms. The number of halogens is 3. The lowest BCUT2D eigenvalue weighted by Gasteiger charge is -2.10. The number of hydrogen-bond donors (Lipinski definition) is 2. The molecule has 2 aromatic heterocycles. The van der Waals surface area contributed by atoms with Crippen molar-refractivity contribution in [1.29, 1.82) is 0 Å². The summed E-state index contributed by atoms with van der Waals surface area (Å²) in [5, 5.41) is 8.02. The molecule has 164 valence electrons. The van der Waals surface area contributed by atoms with Crippen molar-refractivity contribution >= 4 is 23.6 Å². The third-order valence-corrected chi connectivity index (χ3v) is 4.06. The van der Waals surface area contributed by atoms with E-state index in [1.54, 1.807) is 49.1 Å². The number of ether oxygens (including phenoxy) is 1. The van der Waals surface area contributed by atoms with Crippen molar-refractivity contribution in [2.24, 2.45) is 5.16 Å². The maximum Gasteiger partial charge on any atom is 0.405 e. The molecular formula is C20H20F3N5O3. The minimum absolute atomic E-state index is 0.349. The molecule has 0 unspecified atom stereocenters. The van der Waals surface area contributed by atoms with Crippen LogP contribution in [0.15, 0.2) is 53.9 Å². The summed E-state index contributed by atoms with van der Waals surface area (Å²) < 4.78 is 43.4. The highest BCUT2D eigenvalue weighted by atomic mass is 19.4. The molecule has 0 fully saturated rings. The van der Waals surface area contributed by atoms with Crippen LogP contribution in [0.3, 0.4) is 0 Å². The number of carbonyl (C=O) groups is 1. The molecule has 0 saturated carbocycles. The molecule has 2 amide bonds. The molecule has 1 aromatic carbocycles. The average molecular weight is 435 g/mol. The summed E-state index contributed by atoms with van der Waals surface area (Å²) in [6, 6.07) is 9.43. The summed E-state index contributed by atoms with van der Waals surface area (Å²) in [4.78, 5) is 21.1. The summed E-state index contributed by atoms with van der Waals surface area (Å²) in [6.45, 7) is -0.617. The van der Waals surface area contributed by atoms with E-state index in [0.717, 1.165) is 16.8 Å². The molecule has 3 rings (SSSR count). The number of methoxy groups -OCH3 is 1. The zero-order chi connectivity index (χ0) is 22.3. The minimum Gasteiger partial charge on any atom is -0.393 e. The van der Waals surface area contributed by atoms with Gasteiger partial charge in [-0.2, -0.15) is 13.2 Å². The van der Waals surface area contributed by atoms with Crippen LogP contribution >= 0.6 is 0 Å². The van der Waals surface area contributed by atoms with Gasteiger partial charge in [-0.05, 0) is 24.3 Å². The number of imidazole rings is 1. The molecule has 8 nitrogen and oxygen atoms in total. The second-order valence-electron chi connectivity index (χ2n) is 6.40. The number of rotatable bonds is 8. The molecule has 0 aliphatic carbocycles. The van der Waals surface area contributed by atoms with Gasteiger partial charge in [-0.1, -0.05) is 17.3 Å². The van der Waals surface area contributed by atoms with Crippen LogP contribution in [0.2, 0.25) is 0 Å². The van der Waals surface area contributed by atoms with E-state index in [1.165, 1.54) is 0 Å². The van der Waals surface area contributed by atoms with Gasteiger partial charge in [-0.3, -0.25) is 4.40 Å². The third-order valence-electron chi connectivity index (χ3n) is 4.06. The van der Waals surface area contributed by atoms with Crippen LogP contribution in [0.1, 0.15) is 5.56 Å². The van der Waals surface area contributed by atoms with Gasteiger partial charge in [0.2, 0.25) is 0 Å². The zero-order valence-corrected chi connectivity index (χ0v) is 16.5. The Bertz CT molecular complexity index is 1070. The molecule has 0 bridgehead atoms. The molecule has 0 atom stereocenters. The predicted molar refractivity (Wildman–Crippen MR) is 109 cm³/mol. The fraction of sp³-hybridized carbons (Fsp3) is 0.250. The largest absolute Gasteiger partial charge is 0.405 e. The standard InChI is InChI=1S/C20H20F3N5O3/c1-30-7-8-31-26-11-14-5-6-28-17(12-24-18(28)9-14)15-3-2-4-16(10-15)27-19(29)25-13-20(21,22)23/h2-6,9-12H,7-8,13H2,1H3,(H2,25,27,29)/b26-11+. The number of anilines is 1. The Morgan fingerprint density at radius 2 is 2.10 bits per heavy atom. The van der Waals surface area contributed by atoms with E-state index in [4.69, 9.17) is 9.57 Å². The Hall–Kier alpha value is -3.60. The first-order valence-corrected chi connectivity index (χ1v) is 9.19. The normalized spacial score (nSPS) is 11.7. The van der Waals surface area contributed by atoms with Gasteiger partial charge in [0.05, 0.1) is 24.7 Å². The van der Waals surface area contributed by atoms with Crippen molar-refractivity contribution in [2.75, 3.05) is 32.2 Å². The van der Waals surface area contributed by atoms with Gasteiger partial charge in [0, 0.05) is 30.1 Å². The second kappa shape index (κ2) is 9.94. The molecule has 3 aromatic rings. The Morgan fingerprint density at radius 1 is 1.26 bits per heavy atom. The fourth-order valence-corrected chi connectivity index (χ4v) is 2.67. The number of oxime groups is 1. The van der Waals surface area contributed by atoms with Crippen molar-refractivity contribution in [3.63, 3.8) is 0 Å². The highest BCUT2D eigenvalue weighted by Gasteiger charge is 2.27. The Labute approximate surface area is 175 Å². The number of urea groups is 1. The molecule has 11 heteroatoms. The lowest BCUT2D eigenvalue weighted by atomic mass is 10.1. The molecule has 2 heterocycles. The van der Waals surface area contributed by atoms with Gasteiger partial charge >= 0.3 is 12.2 Å². The third kappa shape index (κ3) is 6.44. The van der Waals surface area contributed by atoms with Crippen molar-refractivity contribution in [1.82, 2.24) is 14.7 Å². The van der Waals surface area contributed by atoms with Crippen LogP contribution in [-0.4, -0.2) is 54.7 Å². The monoisotopic (exact) mass is 435 g/mol. The average Bonchev–Trinajstić information content (AvgIpc) is 3.15. The highest BCUT2D eigenvalue weighted by molar-refractivity contribution is 5.90. The second-order valence-corrected chi connectivity index (χ2v) is 6.40. The molecule has 0 aliphatic heterocycles. The summed E-state index contributed by atoms with van der Waals surface area (Å²) in [6.07, 6.45) is 0.557. The quantitative estimate of drug-likeness (QED) is 0.321. The number of nitrogens with one attached hydrogen (secondary N) is 2. The number of nitrogens with zero attached hydrogens (tertiary/aromatic N) is 3. The summed E-state index contributed by atoms with van der Waals surface area (Å²) in [5.74, 6) is 0. The summed E-state index contributed by atoms with van der Waals surface area (Å²) >= 11 is 0. The van der Waals surface area contributed by atoms with Crippen LogP contribution in [0, 0.1) is 0 Å². The van der Waals surface area contributed by atoms with E-state index >= 15 is 0 Å². The van der Waals surface area contributed by atoms with Crippen LogP contribution in [-0.2, 0) is 9.57 Å². The van der Waals surface area contributed by atoms with Gasteiger partial charge in [0.1, 0.15) is 18.8 Å². The highest BCUT2D eigenvalue weighted by Crippen LogP contribution is 2.24. The van der Waals surface area contributed by atoms with Crippen molar-refractivity contribution in [2.45, 2.75) is 6.18 Å². The van der Waals surface area contributed by atoms with Gasteiger partial charge in [0.25, 0.3) is 0 Å². The minimum atomic E-state index is -4.48. The number of alkyl halides is 3. The summed E-state index contributed by atoms with van der Waals surface area (Å²) in [7, 11) is 1.57. The first-order valence-electron chi connectivity index (χ1n) is 9.19. The maximum atomic E-state index is 12.2. The van der Waals surface area contributed by atoms with E-state index in [1.807, 2.05) is 22.7 Å². The molecule has 0 radical (unpaired) electrons. The fourth-order valence-electron chi connectivity index (χ4n) is 2.67. The number of benzene rings is 1. The number of fused-ring (bicyclic) bond motifs is 1. The van der Waals surface area contributed by atoms with Crippen LogP contribution in [0.25, 0.3) is 16.9 Å². The van der Waals surface area contributed by atoms with Crippen molar-refractivity contribution < 1.29 is 27.5 Å². The first-order chi connectivity index (χ1) is 14.9. The van der Waals surface area contributed by atoms with E-state index in [2.05, 4.69) is 15.5 Å². The Morgan fingerprint density at radius 3 is 2.87 bits per heavy atom. The summed E-state index contributed by atoms with van der Waals surface area (Å²) in [5.41, 5.74) is 3.28. The van der Waals surface area contributed by atoms with Gasteiger partial charge < -0.3 is 20.2 Å². The van der Waals surface area contributed by atoms with E-state index in [-0.39, 0.29) is 0 Å². The van der Waals surface area contributed by atoms with Gasteiger partial charge in [-0.25, -0.2) is 9.78 Å². The van der Waals surface area contributed by atoms with E-state index in [0.29, 0.717) is 24.5 Å². The SMILES string of the molecule is COCCO/N=C/c1ccn2c(-c3cccc(NC(=O)NCC(F)(F)F)c3)cnc2c1. The molecule has 0 saturated heterocycles. The topological polar surface area (TPSA) is 89.3 Å². The Balaban J connectivity index is 1.72.